The summed E-state index contributed by atoms with van der Waals surface area (Å²) in [6, 6.07) is 8.88. The monoisotopic (exact) mass is 378 g/mol. The predicted octanol–water partition coefficient (Wildman–Crippen LogP) is 2.78. The summed E-state index contributed by atoms with van der Waals surface area (Å²) >= 11 is 1.61. The first-order valence-corrected chi connectivity index (χ1v) is 10.8. The molecule has 0 unspecified atom stereocenters. The van der Waals surface area contributed by atoms with Gasteiger partial charge in [0, 0.05) is 26.1 Å². The third-order valence-corrected chi connectivity index (χ3v) is 6.98. The van der Waals surface area contributed by atoms with Gasteiger partial charge in [0.25, 0.3) is 0 Å². The maximum absolute atomic E-state index is 12.5. The van der Waals surface area contributed by atoms with E-state index in [2.05, 4.69) is 5.32 Å². The molecule has 1 saturated heterocycles. The van der Waals surface area contributed by atoms with Crippen LogP contribution in [-0.4, -0.2) is 31.7 Å². The molecular weight excluding hydrogens is 356 g/mol. The standard InChI is InChI=1S/C18H22N2O3S2/c21-18(19-13-16-9-12-24-14-16)8-5-15-3-6-17(7-4-15)25(22,23)20-10-1-2-11-20/h3-4,6-7,9,12,14H,1-2,5,8,10-11,13H2,(H,19,21). The summed E-state index contributed by atoms with van der Waals surface area (Å²) in [6.07, 6.45) is 2.84. The van der Waals surface area contributed by atoms with E-state index in [-0.39, 0.29) is 5.91 Å². The van der Waals surface area contributed by atoms with E-state index in [9.17, 15) is 13.2 Å². The molecule has 7 heteroatoms. The Morgan fingerprint density at radius 2 is 1.80 bits per heavy atom. The van der Waals surface area contributed by atoms with Gasteiger partial charge in [0.2, 0.25) is 15.9 Å². The molecule has 5 nitrogen and oxygen atoms in total. The zero-order valence-electron chi connectivity index (χ0n) is 14.0. The van der Waals surface area contributed by atoms with Crippen LogP contribution < -0.4 is 5.32 Å². The average Bonchev–Trinajstić information content (AvgIpc) is 3.32. The number of rotatable bonds is 7. The molecule has 25 heavy (non-hydrogen) atoms. The fourth-order valence-corrected chi connectivity index (χ4v) is 5.03. The van der Waals surface area contributed by atoms with E-state index in [4.69, 9.17) is 0 Å². The van der Waals surface area contributed by atoms with Crippen molar-refractivity contribution in [2.45, 2.75) is 37.1 Å². The molecule has 1 aromatic carbocycles. The van der Waals surface area contributed by atoms with Gasteiger partial charge in [-0.15, -0.1) is 0 Å². The number of nitrogens with zero attached hydrogens (tertiary/aromatic N) is 1. The number of amides is 1. The molecule has 0 atom stereocenters. The van der Waals surface area contributed by atoms with Crippen LogP contribution in [0.5, 0.6) is 0 Å². The van der Waals surface area contributed by atoms with Crippen molar-refractivity contribution in [1.82, 2.24) is 9.62 Å². The number of benzene rings is 1. The SMILES string of the molecule is O=C(CCc1ccc(S(=O)(=O)N2CCCC2)cc1)NCc1ccsc1. The van der Waals surface area contributed by atoms with Crippen LogP contribution in [-0.2, 0) is 27.8 Å². The van der Waals surface area contributed by atoms with Crippen molar-refractivity contribution < 1.29 is 13.2 Å². The van der Waals surface area contributed by atoms with Crippen molar-refractivity contribution in [3.63, 3.8) is 0 Å². The van der Waals surface area contributed by atoms with Crippen molar-refractivity contribution in [3.05, 3.63) is 52.2 Å². The summed E-state index contributed by atoms with van der Waals surface area (Å²) in [7, 11) is -3.37. The third-order valence-electron chi connectivity index (χ3n) is 4.34. The molecule has 3 rings (SSSR count). The molecular formula is C18H22N2O3S2. The van der Waals surface area contributed by atoms with Gasteiger partial charge < -0.3 is 5.32 Å². The number of sulfonamides is 1. The first kappa shape index (κ1) is 18.1. The Bertz CT molecular complexity index is 793. The fraction of sp³-hybridized carbons (Fsp3) is 0.389. The molecule has 1 aliphatic rings. The van der Waals surface area contributed by atoms with Crippen molar-refractivity contribution in [3.8, 4) is 0 Å². The number of carbonyl (C=O) groups is 1. The zero-order chi connectivity index (χ0) is 17.7. The lowest BCUT2D eigenvalue weighted by atomic mass is 10.1. The third kappa shape index (κ3) is 4.68. The summed E-state index contributed by atoms with van der Waals surface area (Å²) < 4.78 is 26.5. The van der Waals surface area contributed by atoms with E-state index in [0.717, 1.165) is 24.0 Å². The van der Waals surface area contributed by atoms with Gasteiger partial charge in [-0.3, -0.25) is 4.79 Å². The van der Waals surface area contributed by atoms with Crippen LogP contribution in [0.15, 0.2) is 46.0 Å². The lowest BCUT2D eigenvalue weighted by molar-refractivity contribution is -0.121. The highest BCUT2D eigenvalue weighted by molar-refractivity contribution is 7.89. The topological polar surface area (TPSA) is 66.5 Å². The summed E-state index contributed by atoms with van der Waals surface area (Å²) in [5, 5.41) is 6.89. The van der Waals surface area contributed by atoms with Gasteiger partial charge in [-0.2, -0.15) is 15.6 Å². The quantitative estimate of drug-likeness (QED) is 0.806. The van der Waals surface area contributed by atoms with Crippen LogP contribution in [0.3, 0.4) is 0 Å². The minimum atomic E-state index is -3.37. The molecule has 1 amide bonds. The lowest BCUT2D eigenvalue weighted by Crippen LogP contribution is -2.27. The molecule has 134 valence electrons. The summed E-state index contributed by atoms with van der Waals surface area (Å²) in [4.78, 5) is 12.2. The van der Waals surface area contributed by atoms with Crippen LogP contribution in [0.25, 0.3) is 0 Å². The summed E-state index contributed by atoms with van der Waals surface area (Å²) in [6.45, 7) is 1.76. The number of hydrogen-bond acceptors (Lipinski definition) is 4. The highest BCUT2D eigenvalue weighted by Gasteiger charge is 2.26. The van der Waals surface area contributed by atoms with Gasteiger partial charge in [0.1, 0.15) is 0 Å². The summed E-state index contributed by atoms with van der Waals surface area (Å²) in [5.41, 5.74) is 2.07. The minimum absolute atomic E-state index is 0.0000326. The van der Waals surface area contributed by atoms with Gasteiger partial charge in [-0.05, 0) is 59.3 Å². The number of carbonyl (C=O) groups excluding carboxylic acids is 1. The Hall–Kier alpha value is -1.70. The molecule has 0 saturated carbocycles. The zero-order valence-corrected chi connectivity index (χ0v) is 15.6. The van der Waals surface area contributed by atoms with Gasteiger partial charge in [0.15, 0.2) is 0 Å². The van der Waals surface area contributed by atoms with E-state index < -0.39 is 10.0 Å². The Morgan fingerprint density at radius 3 is 2.44 bits per heavy atom. The molecule has 2 heterocycles. The first-order chi connectivity index (χ1) is 12.1. The summed E-state index contributed by atoms with van der Waals surface area (Å²) in [5.74, 6) is -0.0000326. The van der Waals surface area contributed by atoms with Crippen molar-refractivity contribution >= 4 is 27.3 Å². The predicted molar refractivity (Wildman–Crippen MR) is 98.9 cm³/mol. The second kappa shape index (κ2) is 8.12. The van der Waals surface area contributed by atoms with Crippen molar-refractivity contribution in [2.24, 2.45) is 0 Å². The average molecular weight is 379 g/mol. The molecule has 0 radical (unpaired) electrons. The van der Waals surface area contributed by atoms with Crippen LogP contribution in [0.1, 0.15) is 30.4 Å². The second-order valence-corrected chi connectivity index (χ2v) is 8.88. The molecule has 1 aliphatic heterocycles. The second-order valence-electron chi connectivity index (χ2n) is 6.16. The Balaban J connectivity index is 1.51. The van der Waals surface area contributed by atoms with E-state index in [1.165, 1.54) is 0 Å². The Labute approximate surface area is 152 Å². The van der Waals surface area contributed by atoms with Gasteiger partial charge in [-0.25, -0.2) is 8.42 Å². The normalized spacial score (nSPS) is 15.4. The maximum Gasteiger partial charge on any atom is 0.243 e. The maximum atomic E-state index is 12.5. The van der Waals surface area contributed by atoms with Crippen LogP contribution >= 0.6 is 11.3 Å². The number of nitrogens with one attached hydrogen (secondary N) is 1. The van der Waals surface area contributed by atoms with Gasteiger partial charge in [0.05, 0.1) is 4.90 Å². The van der Waals surface area contributed by atoms with Crippen molar-refractivity contribution in [2.75, 3.05) is 13.1 Å². The molecule has 1 fully saturated rings. The van der Waals surface area contributed by atoms with E-state index in [0.29, 0.717) is 37.4 Å². The fourth-order valence-electron chi connectivity index (χ4n) is 2.85. The largest absolute Gasteiger partial charge is 0.352 e. The van der Waals surface area contributed by atoms with Gasteiger partial charge >= 0.3 is 0 Å². The van der Waals surface area contributed by atoms with E-state index in [1.807, 2.05) is 16.8 Å². The number of thiophene rings is 1. The Kier molecular flexibility index (Phi) is 5.88. The van der Waals surface area contributed by atoms with E-state index >= 15 is 0 Å². The molecule has 1 aromatic heterocycles. The Morgan fingerprint density at radius 1 is 1.08 bits per heavy atom. The smallest absolute Gasteiger partial charge is 0.243 e. The van der Waals surface area contributed by atoms with Crippen LogP contribution in [0, 0.1) is 0 Å². The lowest BCUT2D eigenvalue weighted by Gasteiger charge is -2.15. The molecule has 0 aliphatic carbocycles. The van der Waals surface area contributed by atoms with Gasteiger partial charge in [-0.1, -0.05) is 12.1 Å². The van der Waals surface area contributed by atoms with Crippen LogP contribution in [0.2, 0.25) is 0 Å². The first-order valence-electron chi connectivity index (χ1n) is 8.42. The molecule has 1 N–H and O–H groups in total. The minimum Gasteiger partial charge on any atom is -0.352 e. The van der Waals surface area contributed by atoms with Crippen LogP contribution in [0.4, 0.5) is 0 Å². The van der Waals surface area contributed by atoms with Crippen molar-refractivity contribution in [1.29, 1.82) is 0 Å². The number of hydrogen-bond donors (Lipinski definition) is 1. The highest BCUT2D eigenvalue weighted by Crippen LogP contribution is 2.21. The van der Waals surface area contributed by atoms with E-state index in [1.54, 1.807) is 39.9 Å². The number of aryl methyl sites for hydroxylation is 1. The molecule has 2 aromatic rings. The molecule has 0 bridgehead atoms. The highest BCUT2D eigenvalue weighted by atomic mass is 32.2. The molecule has 0 spiro atoms.